The van der Waals surface area contributed by atoms with Gasteiger partial charge in [0.15, 0.2) is 0 Å². The fourth-order valence-electron chi connectivity index (χ4n) is 5.78. The van der Waals surface area contributed by atoms with Crippen molar-refractivity contribution in [1.82, 2.24) is 9.80 Å². The zero-order chi connectivity index (χ0) is 22.7. The molecule has 0 bridgehead atoms. The van der Waals surface area contributed by atoms with Crippen LogP contribution in [0.3, 0.4) is 0 Å². The van der Waals surface area contributed by atoms with Gasteiger partial charge in [0.2, 0.25) is 11.8 Å². The summed E-state index contributed by atoms with van der Waals surface area (Å²) in [6.07, 6.45) is 2.48. The third kappa shape index (κ3) is 5.22. The highest BCUT2D eigenvalue weighted by Crippen LogP contribution is 2.34. The lowest BCUT2D eigenvalue weighted by atomic mass is 9.82. The molecule has 3 rings (SSSR count). The maximum Gasteiger partial charge on any atom is 0.229 e. The first-order chi connectivity index (χ1) is 14.8. The van der Waals surface area contributed by atoms with Crippen LogP contribution < -0.4 is 0 Å². The molecular formula is C23H39FN2O5. The fourth-order valence-corrected chi connectivity index (χ4v) is 5.78. The van der Waals surface area contributed by atoms with E-state index in [1.807, 2.05) is 23.6 Å². The molecule has 7 nitrogen and oxygen atoms in total. The zero-order valence-corrected chi connectivity index (χ0v) is 19.6. The van der Waals surface area contributed by atoms with Crippen LogP contribution in [0.4, 0.5) is 4.39 Å². The molecule has 0 spiro atoms. The van der Waals surface area contributed by atoms with E-state index in [2.05, 4.69) is 0 Å². The smallest absolute Gasteiger partial charge is 0.229 e. The maximum atomic E-state index is 14.7. The van der Waals surface area contributed by atoms with Gasteiger partial charge in [-0.1, -0.05) is 0 Å². The standard InChI is InChI=1S/C23H39FN2O5/c1-14-12-25(22(27)19-9-7-17(30-4)11-21(19)31-5)13-15(2)26(14)23(28)18-8-6-16(29-3)10-20(18)24/h14-21H,6-13H2,1-5H3/t14-,15-,16?,17?,18?,19?,20?,21?/m1/s1. The van der Waals surface area contributed by atoms with Crippen molar-refractivity contribution in [2.24, 2.45) is 11.8 Å². The van der Waals surface area contributed by atoms with E-state index in [1.54, 1.807) is 21.3 Å². The lowest BCUT2D eigenvalue weighted by molar-refractivity contribution is -0.158. The quantitative estimate of drug-likeness (QED) is 0.654. The van der Waals surface area contributed by atoms with Crippen molar-refractivity contribution in [1.29, 1.82) is 0 Å². The van der Waals surface area contributed by atoms with Crippen molar-refractivity contribution in [3.8, 4) is 0 Å². The summed E-state index contributed by atoms with van der Waals surface area (Å²) in [4.78, 5) is 30.3. The molecular weight excluding hydrogens is 403 g/mol. The second-order valence-corrected chi connectivity index (χ2v) is 9.53. The zero-order valence-electron chi connectivity index (χ0n) is 19.6. The predicted molar refractivity (Wildman–Crippen MR) is 114 cm³/mol. The van der Waals surface area contributed by atoms with Gasteiger partial charge >= 0.3 is 0 Å². The van der Waals surface area contributed by atoms with Crippen LogP contribution in [-0.4, -0.2) is 92.6 Å². The summed E-state index contributed by atoms with van der Waals surface area (Å²) in [5.41, 5.74) is 0. The van der Waals surface area contributed by atoms with Crippen LogP contribution in [-0.2, 0) is 23.8 Å². The number of rotatable bonds is 5. The molecule has 1 heterocycles. The minimum atomic E-state index is -1.18. The van der Waals surface area contributed by atoms with Crippen LogP contribution in [0.25, 0.3) is 0 Å². The van der Waals surface area contributed by atoms with Gasteiger partial charge in [-0.25, -0.2) is 4.39 Å². The Bertz CT molecular complexity index is 623. The van der Waals surface area contributed by atoms with Gasteiger partial charge < -0.3 is 24.0 Å². The number of nitrogens with zero attached hydrogens (tertiary/aromatic N) is 2. The molecule has 0 radical (unpaired) electrons. The monoisotopic (exact) mass is 442 g/mol. The number of ether oxygens (including phenoxy) is 3. The molecule has 0 aromatic heterocycles. The topological polar surface area (TPSA) is 68.3 Å². The van der Waals surface area contributed by atoms with E-state index >= 15 is 0 Å². The summed E-state index contributed by atoms with van der Waals surface area (Å²) in [5.74, 6) is -0.820. The fraction of sp³-hybridized carbons (Fsp3) is 0.913. The van der Waals surface area contributed by atoms with E-state index in [0.29, 0.717) is 25.9 Å². The average molecular weight is 443 g/mol. The SMILES string of the molecule is COC1CCC(C(=O)N2[C@H](C)CN(C(=O)C3CCC(OC)CC3OC)C[C@H]2C)C(F)C1. The second-order valence-electron chi connectivity index (χ2n) is 9.53. The second kappa shape index (κ2) is 10.6. The molecule has 0 N–H and O–H groups in total. The summed E-state index contributed by atoms with van der Waals surface area (Å²) < 4.78 is 31.1. The number of alkyl halides is 1. The van der Waals surface area contributed by atoms with Crippen LogP contribution in [0.5, 0.6) is 0 Å². The normalized spacial score (nSPS) is 39.4. The minimum Gasteiger partial charge on any atom is -0.381 e. The first-order valence-electron chi connectivity index (χ1n) is 11.6. The molecule has 1 aliphatic heterocycles. The molecule has 2 amide bonds. The van der Waals surface area contributed by atoms with Crippen molar-refractivity contribution in [3.05, 3.63) is 0 Å². The molecule has 3 fully saturated rings. The van der Waals surface area contributed by atoms with E-state index in [0.717, 1.165) is 19.3 Å². The highest BCUT2D eigenvalue weighted by molar-refractivity contribution is 5.82. The van der Waals surface area contributed by atoms with Crippen molar-refractivity contribution in [2.75, 3.05) is 34.4 Å². The Hall–Kier alpha value is -1.25. The predicted octanol–water partition coefficient (Wildman–Crippen LogP) is 2.42. The summed E-state index contributed by atoms with van der Waals surface area (Å²) in [6, 6.07) is -0.298. The van der Waals surface area contributed by atoms with Gasteiger partial charge in [0, 0.05) is 59.3 Å². The van der Waals surface area contributed by atoms with E-state index in [-0.39, 0.29) is 54.5 Å². The molecule has 8 heteroatoms. The Morgan fingerprint density at radius 2 is 1.32 bits per heavy atom. The van der Waals surface area contributed by atoms with Crippen LogP contribution >= 0.6 is 0 Å². The van der Waals surface area contributed by atoms with Crippen molar-refractivity contribution in [2.45, 2.75) is 88.9 Å². The first kappa shape index (κ1) is 24.4. The Kier molecular flexibility index (Phi) is 8.32. The summed E-state index contributed by atoms with van der Waals surface area (Å²) in [7, 11) is 4.94. The van der Waals surface area contributed by atoms with Crippen LogP contribution in [0.1, 0.15) is 52.4 Å². The van der Waals surface area contributed by atoms with Gasteiger partial charge in [0.05, 0.1) is 30.1 Å². The van der Waals surface area contributed by atoms with Crippen LogP contribution in [0.15, 0.2) is 0 Å². The summed E-state index contributed by atoms with van der Waals surface area (Å²) in [5, 5.41) is 0. The molecule has 1 saturated heterocycles. The van der Waals surface area contributed by atoms with E-state index < -0.39 is 12.1 Å². The Morgan fingerprint density at radius 1 is 0.774 bits per heavy atom. The molecule has 0 aromatic carbocycles. The number of hydrogen-bond acceptors (Lipinski definition) is 5. The van der Waals surface area contributed by atoms with Gasteiger partial charge in [-0.05, 0) is 39.5 Å². The Morgan fingerprint density at radius 3 is 1.84 bits per heavy atom. The Balaban J connectivity index is 1.63. The molecule has 8 atom stereocenters. The number of carbonyl (C=O) groups is 2. The van der Waals surface area contributed by atoms with E-state index in [1.165, 1.54) is 0 Å². The number of methoxy groups -OCH3 is 3. The van der Waals surface area contributed by atoms with Gasteiger partial charge in [-0.3, -0.25) is 9.59 Å². The molecule has 2 saturated carbocycles. The average Bonchev–Trinajstić information content (AvgIpc) is 2.77. The van der Waals surface area contributed by atoms with Gasteiger partial charge in [0.1, 0.15) is 6.17 Å². The third-order valence-corrected chi connectivity index (χ3v) is 7.56. The highest BCUT2D eigenvalue weighted by Gasteiger charge is 2.44. The van der Waals surface area contributed by atoms with Gasteiger partial charge in [-0.15, -0.1) is 0 Å². The van der Waals surface area contributed by atoms with Crippen molar-refractivity contribution in [3.63, 3.8) is 0 Å². The summed E-state index contributed by atoms with van der Waals surface area (Å²) in [6.45, 7) is 4.86. The van der Waals surface area contributed by atoms with Gasteiger partial charge in [-0.2, -0.15) is 0 Å². The highest BCUT2D eigenvalue weighted by atomic mass is 19.1. The molecule has 6 unspecified atom stereocenters. The lowest BCUT2D eigenvalue weighted by Gasteiger charge is -2.48. The minimum absolute atomic E-state index is 0.0937. The van der Waals surface area contributed by atoms with Crippen molar-refractivity contribution < 1.29 is 28.2 Å². The molecule has 0 aromatic rings. The van der Waals surface area contributed by atoms with Crippen LogP contribution in [0.2, 0.25) is 0 Å². The molecule has 178 valence electrons. The first-order valence-corrected chi connectivity index (χ1v) is 11.6. The van der Waals surface area contributed by atoms with E-state index in [9.17, 15) is 14.0 Å². The number of piperazine rings is 1. The largest absolute Gasteiger partial charge is 0.381 e. The molecule has 31 heavy (non-hydrogen) atoms. The third-order valence-electron chi connectivity index (χ3n) is 7.56. The van der Waals surface area contributed by atoms with Crippen LogP contribution in [0, 0.1) is 11.8 Å². The lowest BCUT2D eigenvalue weighted by Crippen LogP contribution is -2.63. The maximum absolute atomic E-state index is 14.7. The number of halogens is 1. The van der Waals surface area contributed by atoms with Gasteiger partial charge in [0.25, 0.3) is 0 Å². The molecule has 3 aliphatic rings. The number of carbonyl (C=O) groups excluding carboxylic acids is 2. The Labute approximate surface area is 185 Å². The number of amides is 2. The van der Waals surface area contributed by atoms with Crippen molar-refractivity contribution >= 4 is 11.8 Å². The summed E-state index contributed by atoms with van der Waals surface area (Å²) >= 11 is 0. The van der Waals surface area contributed by atoms with E-state index in [4.69, 9.17) is 14.2 Å². The molecule has 2 aliphatic carbocycles. The number of hydrogen-bond donors (Lipinski definition) is 0.